The van der Waals surface area contributed by atoms with Gasteiger partial charge in [-0.15, -0.1) is 0 Å². The summed E-state index contributed by atoms with van der Waals surface area (Å²) in [4.78, 5) is 25.3. The highest BCUT2D eigenvalue weighted by atomic mass is 19.4. The van der Waals surface area contributed by atoms with E-state index in [0.29, 0.717) is 12.8 Å². The number of hydrogen-bond donors (Lipinski definition) is 1. The lowest BCUT2D eigenvalue weighted by Gasteiger charge is -2.50. The van der Waals surface area contributed by atoms with Crippen molar-refractivity contribution in [3.05, 3.63) is 0 Å². The molecule has 142 valence electrons. The van der Waals surface area contributed by atoms with Crippen LogP contribution in [0.2, 0.25) is 0 Å². The predicted molar refractivity (Wildman–Crippen MR) is 77.7 cm³/mol. The summed E-state index contributed by atoms with van der Waals surface area (Å²) in [6.07, 6.45) is -2.12. The molecule has 0 aromatic carbocycles. The van der Waals surface area contributed by atoms with E-state index >= 15 is 0 Å². The third-order valence-corrected chi connectivity index (χ3v) is 5.75. The second-order valence-corrected chi connectivity index (χ2v) is 7.44. The predicted octanol–water partition coefficient (Wildman–Crippen LogP) is 2.87. The molecule has 1 N–H and O–H groups in total. The highest BCUT2D eigenvalue weighted by Crippen LogP contribution is 2.45. The number of hydrogen-bond acceptors (Lipinski definition) is 2. The van der Waals surface area contributed by atoms with E-state index in [0.717, 1.165) is 19.3 Å². The fourth-order valence-corrected chi connectivity index (χ4v) is 4.06. The first-order valence-electron chi connectivity index (χ1n) is 8.64. The van der Waals surface area contributed by atoms with Crippen molar-refractivity contribution in [3.8, 4) is 0 Å². The van der Waals surface area contributed by atoms with Gasteiger partial charge >= 0.3 is 12.1 Å². The van der Waals surface area contributed by atoms with E-state index in [9.17, 15) is 31.5 Å². The molecule has 4 aliphatic rings. The van der Waals surface area contributed by atoms with Gasteiger partial charge in [0.2, 0.25) is 5.91 Å². The summed E-state index contributed by atoms with van der Waals surface area (Å²) < 4.78 is 65.3. The van der Waals surface area contributed by atoms with Crippen LogP contribution in [0.25, 0.3) is 0 Å². The average molecular weight is 368 g/mol. The molecule has 4 fully saturated rings. The van der Waals surface area contributed by atoms with Gasteiger partial charge in [-0.1, -0.05) is 19.3 Å². The van der Waals surface area contributed by atoms with Crippen molar-refractivity contribution in [1.82, 2.24) is 10.2 Å². The second kappa shape index (κ2) is 6.39. The summed E-state index contributed by atoms with van der Waals surface area (Å²) in [5.74, 6) is -6.51. The number of piperidine rings is 2. The fourth-order valence-electron chi connectivity index (χ4n) is 4.06. The number of halogens is 5. The summed E-state index contributed by atoms with van der Waals surface area (Å²) >= 11 is 0. The van der Waals surface area contributed by atoms with Gasteiger partial charge in [0.1, 0.15) is 6.04 Å². The molecule has 9 heteroatoms. The number of nitrogens with one attached hydrogen (secondary N) is 1. The van der Waals surface area contributed by atoms with Gasteiger partial charge in [-0.2, -0.15) is 13.2 Å². The van der Waals surface area contributed by atoms with Crippen molar-refractivity contribution >= 4 is 11.8 Å². The largest absolute Gasteiger partial charge is 0.471 e. The molecular formula is C16H21F5N2O2. The minimum absolute atomic E-state index is 0.0888. The van der Waals surface area contributed by atoms with Gasteiger partial charge in [-0.25, -0.2) is 8.78 Å². The van der Waals surface area contributed by atoms with Crippen LogP contribution >= 0.6 is 0 Å². The Labute approximate surface area is 142 Å². The minimum Gasteiger partial charge on any atom is -0.337 e. The zero-order valence-corrected chi connectivity index (χ0v) is 13.6. The van der Waals surface area contributed by atoms with Gasteiger partial charge in [-0.05, 0) is 25.2 Å². The molecule has 2 saturated heterocycles. The molecule has 2 bridgehead atoms. The summed E-state index contributed by atoms with van der Waals surface area (Å²) in [5, 5.41) is 1.79. The van der Waals surface area contributed by atoms with Gasteiger partial charge in [0.05, 0.1) is 0 Å². The van der Waals surface area contributed by atoms with E-state index in [1.165, 1.54) is 4.90 Å². The molecule has 0 radical (unpaired) electrons. The summed E-state index contributed by atoms with van der Waals surface area (Å²) in [6.45, 7) is -0.153. The van der Waals surface area contributed by atoms with Crippen LogP contribution in [-0.2, 0) is 9.59 Å². The monoisotopic (exact) mass is 368 g/mol. The molecule has 3 atom stereocenters. The van der Waals surface area contributed by atoms with E-state index in [2.05, 4.69) is 0 Å². The van der Waals surface area contributed by atoms with E-state index < -0.39 is 48.3 Å². The van der Waals surface area contributed by atoms with E-state index in [1.54, 1.807) is 5.32 Å². The summed E-state index contributed by atoms with van der Waals surface area (Å²) in [6, 6.07) is -1.97. The van der Waals surface area contributed by atoms with Crippen molar-refractivity contribution in [1.29, 1.82) is 0 Å². The van der Waals surface area contributed by atoms with E-state index in [1.807, 2.05) is 0 Å². The van der Waals surface area contributed by atoms with E-state index in [4.69, 9.17) is 0 Å². The van der Waals surface area contributed by atoms with Gasteiger partial charge in [0.15, 0.2) is 0 Å². The van der Waals surface area contributed by atoms with Gasteiger partial charge in [-0.3, -0.25) is 9.59 Å². The molecule has 4 rings (SSSR count). The Bertz CT molecular complexity index is 547. The Morgan fingerprint density at radius 2 is 1.84 bits per heavy atom. The zero-order valence-electron chi connectivity index (χ0n) is 13.6. The molecule has 0 aromatic rings. The molecule has 2 aliphatic carbocycles. The molecule has 4 nitrogen and oxygen atoms in total. The maximum atomic E-state index is 13.8. The number of carbonyl (C=O) groups is 2. The Morgan fingerprint density at radius 3 is 2.28 bits per heavy atom. The maximum Gasteiger partial charge on any atom is 0.471 e. The number of alkyl halides is 5. The van der Waals surface area contributed by atoms with Gasteiger partial charge in [0, 0.05) is 24.9 Å². The minimum atomic E-state index is -5.08. The molecule has 0 spiro atoms. The Balaban J connectivity index is 1.71. The van der Waals surface area contributed by atoms with Crippen LogP contribution in [0.15, 0.2) is 0 Å². The van der Waals surface area contributed by atoms with Crippen LogP contribution in [0.4, 0.5) is 22.0 Å². The zero-order chi connectivity index (χ0) is 18.4. The molecule has 2 amide bonds. The lowest BCUT2D eigenvalue weighted by atomic mass is 9.76. The Hall–Kier alpha value is -1.41. The quantitative estimate of drug-likeness (QED) is 0.776. The standard InChI is InChI=1S/C16H21F5N2O2/c17-15(18)7-11-5-4-10(15)8-23(11)13(24)12(6-9-2-1-3-9)22-14(25)16(19,20)21/h9-12H,1-8H2,(H,22,25)/t10-,11?,12+/m0/s1. The third kappa shape index (κ3) is 3.74. The molecule has 1 unspecified atom stereocenters. The number of carbonyl (C=O) groups excluding carboxylic acids is 2. The van der Waals surface area contributed by atoms with E-state index in [-0.39, 0.29) is 18.9 Å². The fraction of sp³-hybridized carbons (Fsp3) is 0.875. The van der Waals surface area contributed by atoms with Crippen LogP contribution < -0.4 is 5.32 Å². The molecule has 2 heterocycles. The molecule has 2 aliphatic heterocycles. The topological polar surface area (TPSA) is 49.4 Å². The lowest BCUT2D eigenvalue weighted by molar-refractivity contribution is -0.179. The number of amides is 2. The van der Waals surface area contributed by atoms with Crippen molar-refractivity contribution < 1.29 is 31.5 Å². The Kier molecular flexibility index (Phi) is 4.70. The first kappa shape index (κ1) is 18.4. The number of fused-ring (bicyclic) bond motifs is 3. The molecule has 25 heavy (non-hydrogen) atoms. The van der Waals surface area contributed by atoms with Crippen molar-refractivity contribution in [2.45, 2.75) is 69.1 Å². The van der Waals surface area contributed by atoms with Crippen LogP contribution in [0, 0.1) is 11.8 Å². The van der Waals surface area contributed by atoms with Crippen molar-refractivity contribution in [2.75, 3.05) is 6.54 Å². The number of nitrogens with zero attached hydrogens (tertiary/aromatic N) is 1. The lowest BCUT2D eigenvalue weighted by Crippen LogP contribution is -2.62. The SMILES string of the molecule is O=C([C@@H](CC1CCC1)NC(=O)C(F)(F)F)N1C[C@@H]2CCC1CC2(F)F. The first-order chi connectivity index (χ1) is 11.6. The summed E-state index contributed by atoms with van der Waals surface area (Å²) in [5.41, 5.74) is 0. The molecule has 0 aromatic heterocycles. The summed E-state index contributed by atoms with van der Waals surface area (Å²) in [7, 11) is 0. The third-order valence-electron chi connectivity index (χ3n) is 5.75. The maximum absolute atomic E-state index is 13.8. The van der Waals surface area contributed by atoms with Gasteiger partial charge < -0.3 is 10.2 Å². The van der Waals surface area contributed by atoms with Crippen LogP contribution in [-0.4, -0.2) is 47.4 Å². The molecule has 2 saturated carbocycles. The van der Waals surface area contributed by atoms with Crippen LogP contribution in [0.5, 0.6) is 0 Å². The Morgan fingerprint density at radius 1 is 1.16 bits per heavy atom. The first-order valence-corrected chi connectivity index (χ1v) is 8.64. The number of rotatable bonds is 4. The molecular weight excluding hydrogens is 347 g/mol. The van der Waals surface area contributed by atoms with Gasteiger partial charge in [0.25, 0.3) is 5.92 Å². The smallest absolute Gasteiger partial charge is 0.337 e. The van der Waals surface area contributed by atoms with Crippen molar-refractivity contribution in [2.24, 2.45) is 11.8 Å². The van der Waals surface area contributed by atoms with Crippen LogP contribution in [0.3, 0.4) is 0 Å². The highest BCUT2D eigenvalue weighted by Gasteiger charge is 2.54. The second-order valence-electron chi connectivity index (χ2n) is 7.44. The van der Waals surface area contributed by atoms with Crippen LogP contribution in [0.1, 0.15) is 44.9 Å². The average Bonchev–Trinajstić information content (AvgIpc) is 2.47. The van der Waals surface area contributed by atoms with Crippen molar-refractivity contribution in [3.63, 3.8) is 0 Å². The normalized spacial score (nSPS) is 29.9. The highest BCUT2D eigenvalue weighted by molar-refractivity contribution is 5.90.